The van der Waals surface area contributed by atoms with Crippen LogP contribution in [0.5, 0.6) is 0 Å². The lowest BCUT2D eigenvalue weighted by atomic mass is 10.1. The number of benzene rings is 2. The van der Waals surface area contributed by atoms with E-state index in [1.165, 1.54) is 6.07 Å². The zero-order valence-electron chi connectivity index (χ0n) is 13.5. The Kier molecular flexibility index (Phi) is 4.40. The van der Waals surface area contributed by atoms with Crippen molar-refractivity contribution in [3.05, 3.63) is 75.0 Å². The van der Waals surface area contributed by atoms with Gasteiger partial charge < -0.3 is 9.88 Å². The number of hydrogen-bond donors (Lipinski definition) is 1. The summed E-state index contributed by atoms with van der Waals surface area (Å²) in [6, 6.07) is 12.5. The zero-order chi connectivity index (χ0) is 17.3. The van der Waals surface area contributed by atoms with Gasteiger partial charge in [-0.2, -0.15) is 0 Å². The molecule has 0 aliphatic rings. The van der Waals surface area contributed by atoms with Crippen LogP contribution in [0, 0.1) is 13.8 Å². The smallest absolute Gasteiger partial charge is 0.244 e. The lowest BCUT2D eigenvalue weighted by Gasteiger charge is -2.13. The number of fused-ring (bicyclic) bond motifs is 1. The molecule has 3 rings (SSSR count). The molecule has 0 aliphatic heterocycles. The van der Waals surface area contributed by atoms with E-state index in [1.54, 1.807) is 22.9 Å². The van der Waals surface area contributed by atoms with Crippen LogP contribution in [0.4, 0.5) is 5.69 Å². The number of hydrogen-bond acceptors (Lipinski definition) is 2. The van der Waals surface area contributed by atoms with E-state index in [2.05, 4.69) is 5.32 Å². The van der Waals surface area contributed by atoms with Gasteiger partial charge in [-0.15, -0.1) is 0 Å². The Morgan fingerprint density at radius 3 is 2.71 bits per heavy atom. The quantitative estimate of drug-likeness (QED) is 0.786. The Hall–Kier alpha value is -2.59. The SMILES string of the molecule is Cc1ccc2c(c1)c(=O)ccn2CC(=O)Nc1cc(Cl)ccc1C. The van der Waals surface area contributed by atoms with Gasteiger partial charge in [-0.05, 0) is 43.7 Å². The minimum Gasteiger partial charge on any atom is -0.338 e. The van der Waals surface area contributed by atoms with Crippen LogP contribution >= 0.6 is 11.6 Å². The van der Waals surface area contributed by atoms with E-state index >= 15 is 0 Å². The maximum absolute atomic E-state index is 12.4. The molecule has 0 bridgehead atoms. The molecule has 0 saturated heterocycles. The number of amides is 1. The van der Waals surface area contributed by atoms with E-state index in [0.29, 0.717) is 16.1 Å². The maximum atomic E-state index is 12.4. The Morgan fingerprint density at radius 1 is 1.12 bits per heavy atom. The molecule has 0 spiro atoms. The number of aromatic nitrogens is 1. The Balaban J connectivity index is 1.90. The van der Waals surface area contributed by atoms with E-state index in [9.17, 15) is 9.59 Å². The van der Waals surface area contributed by atoms with Gasteiger partial charge in [-0.1, -0.05) is 29.3 Å². The first-order valence-corrected chi connectivity index (χ1v) is 7.97. The second kappa shape index (κ2) is 6.49. The monoisotopic (exact) mass is 340 g/mol. The highest BCUT2D eigenvalue weighted by molar-refractivity contribution is 6.31. The summed E-state index contributed by atoms with van der Waals surface area (Å²) in [4.78, 5) is 24.4. The fourth-order valence-electron chi connectivity index (χ4n) is 2.64. The zero-order valence-corrected chi connectivity index (χ0v) is 14.2. The van der Waals surface area contributed by atoms with Crippen molar-refractivity contribution in [1.82, 2.24) is 4.57 Å². The van der Waals surface area contributed by atoms with E-state index in [0.717, 1.165) is 16.6 Å². The van der Waals surface area contributed by atoms with Crippen molar-refractivity contribution < 1.29 is 4.79 Å². The fourth-order valence-corrected chi connectivity index (χ4v) is 2.81. The maximum Gasteiger partial charge on any atom is 0.244 e. The number of nitrogens with zero attached hydrogens (tertiary/aromatic N) is 1. The summed E-state index contributed by atoms with van der Waals surface area (Å²) >= 11 is 5.98. The first kappa shape index (κ1) is 16.3. The van der Waals surface area contributed by atoms with Gasteiger partial charge >= 0.3 is 0 Å². The second-order valence-electron chi connectivity index (χ2n) is 5.84. The minimum absolute atomic E-state index is 0.0453. The molecule has 24 heavy (non-hydrogen) atoms. The van der Waals surface area contributed by atoms with Crippen molar-refractivity contribution in [2.75, 3.05) is 5.32 Å². The van der Waals surface area contributed by atoms with Crippen LogP contribution in [0.15, 0.2) is 53.5 Å². The highest BCUT2D eigenvalue weighted by atomic mass is 35.5. The van der Waals surface area contributed by atoms with Crippen molar-refractivity contribution in [1.29, 1.82) is 0 Å². The third-order valence-electron chi connectivity index (χ3n) is 3.92. The molecule has 0 unspecified atom stereocenters. The van der Waals surface area contributed by atoms with E-state index < -0.39 is 0 Å². The number of carbonyl (C=O) groups excluding carboxylic acids is 1. The van der Waals surface area contributed by atoms with E-state index in [-0.39, 0.29) is 17.9 Å². The number of nitrogens with one attached hydrogen (secondary N) is 1. The Bertz CT molecular complexity index is 992. The van der Waals surface area contributed by atoms with Gasteiger partial charge in [0, 0.05) is 28.4 Å². The molecule has 1 heterocycles. The molecule has 0 fully saturated rings. The highest BCUT2D eigenvalue weighted by Gasteiger charge is 2.09. The average Bonchev–Trinajstić information content (AvgIpc) is 2.54. The molecule has 5 heteroatoms. The number of anilines is 1. The van der Waals surface area contributed by atoms with Gasteiger partial charge in [0.2, 0.25) is 5.91 Å². The van der Waals surface area contributed by atoms with Crippen molar-refractivity contribution >= 4 is 34.1 Å². The molecule has 1 N–H and O–H groups in total. The molecule has 0 radical (unpaired) electrons. The van der Waals surface area contributed by atoms with Crippen molar-refractivity contribution in [2.45, 2.75) is 20.4 Å². The number of rotatable bonds is 3. The van der Waals surface area contributed by atoms with E-state index in [1.807, 2.05) is 38.1 Å². The van der Waals surface area contributed by atoms with Crippen molar-refractivity contribution in [3.8, 4) is 0 Å². The van der Waals surface area contributed by atoms with Crippen LogP contribution in [0.25, 0.3) is 10.9 Å². The van der Waals surface area contributed by atoms with E-state index in [4.69, 9.17) is 11.6 Å². The molecule has 1 amide bonds. The molecule has 4 nitrogen and oxygen atoms in total. The summed E-state index contributed by atoms with van der Waals surface area (Å²) in [5.74, 6) is -0.175. The third kappa shape index (κ3) is 3.34. The molecule has 0 atom stereocenters. The van der Waals surface area contributed by atoms with Crippen LogP contribution in [0.2, 0.25) is 5.02 Å². The van der Waals surface area contributed by atoms with Crippen LogP contribution in [0.1, 0.15) is 11.1 Å². The summed E-state index contributed by atoms with van der Waals surface area (Å²) in [7, 11) is 0. The largest absolute Gasteiger partial charge is 0.338 e. The molecule has 0 aliphatic carbocycles. The molecular weight excluding hydrogens is 324 g/mol. The van der Waals surface area contributed by atoms with Crippen LogP contribution in [-0.2, 0) is 11.3 Å². The second-order valence-corrected chi connectivity index (χ2v) is 6.27. The Morgan fingerprint density at radius 2 is 1.92 bits per heavy atom. The first-order valence-electron chi connectivity index (χ1n) is 7.60. The summed E-state index contributed by atoms with van der Waals surface area (Å²) in [5, 5.41) is 4.05. The molecule has 0 saturated carbocycles. The van der Waals surface area contributed by atoms with Crippen molar-refractivity contribution in [3.63, 3.8) is 0 Å². The number of halogens is 1. The number of aryl methyl sites for hydroxylation is 2. The minimum atomic E-state index is -0.175. The summed E-state index contributed by atoms with van der Waals surface area (Å²) in [6.07, 6.45) is 1.64. The van der Waals surface area contributed by atoms with Gasteiger partial charge in [-0.3, -0.25) is 9.59 Å². The average molecular weight is 341 g/mol. The fraction of sp³-hybridized carbons (Fsp3) is 0.158. The molecule has 122 valence electrons. The third-order valence-corrected chi connectivity index (χ3v) is 4.16. The van der Waals surface area contributed by atoms with Crippen LogP contribution in [-0.4, -0.2) is 10.5 Å². The predicted octanol–water partition coefficient (Wildman–Crippen LogP) is 3.91. The normalized spacial score (nSPS) is 10.8. The summed E-state index contributed by atoms with van der Waals surface area (Å²) < 4.78 is 1.77. The molecule has 1 aromatic heterocycles. The van der Waals surface area contributed by atoms with Gasteiger partial charge in [0.05, 0.1) is 5.52 Å². The van der Waals surface area contributed by atoms with Crippen LogP contribution < -0.4 is 10.7 Å². The van der Waals surface area contributed by atoms with Crippen LogP contribution in [0.3, 0.4) is 0 Å². The van der Waals surface area contributed by atoms with Gasteiger partial charge in [0.25, 0.3) is 0 Å². The van der Waals surface area contributed by atoms with Gasteiger partial charge in [0.15, 0.2) is 5.43 Å². The predicted molar refractivity (Wildman–Crippen MR) is 97.8 cm³/mol. The summed E-state index contributed by atoms with van der Waals surface area (Å²) in [5.41, 5.74) is 3.33. The summed E-state index contributed by atoms with van der Waals surface area (Å²) in [6.45, 7) is 3.96. The molecule has 3 aromatic rings. The molecule has 2 aromatic carbocycles. The van der Waals surface area contributed by atoms with Gasteiger partial charge in [-0.25, -0.2) is 0 Å². The topological polar surface area (TPSA) is 51.1 Å². The number of carbonyl (C=O) groups is 1. The van der Waals surface area contributed by atoms with Gasteiger partial charge in [0.1, 0.15) is 6.54 Å². The highest BCUT2D eigenvalue weighted by Crippen LogP contribution is 2.20. The van der Waals surface area contributed by atoms with Crippen molar-refractivity contribution in [2.24, 2.45) is 0 Å². The Labute approximate surface area is 144 Å². The number of pyridine rings is 1. The lowest BCUT2D eigenvalue weighted by molar-refractivity contribution is -0.116. The molecular formula is C19H17ClN2O2. The lowest BCUT2D eigenvalue weighted by Crippen LogP contribution is -2.20. The standard InChI is InChI=1S/C19H17ClN2O2/c1-12-3-6-17-15(9-12)18(23)7-8-22(17)11-19(24)21-16-10-14(20)5-4-13(16)2/h3-10H,11H2,1-2H3,(H,21,24). The first-order chi connectivity index (χ1) is 11.4.